The quantitative estimate of drug-likeness (QED) is 0.567. The molecule has 0 fully saturated rings. The van der Waals surface area contributed by atoms with E-state index < -0.39 is 0 Å². The van der Waals surface area contributed by atoms with Crippen molar-refractivity contribution in [2.24, 2.45) is 10.9 Å². The molecule has 120 valence electrons. The van der Waals surface area contributed by atoms with Gasteiger partial charge in [0.25, 0.3) is 0 Å². The van der Waals surface area contributed by atoms with Crippen LogP contribution in [0, 0.1) is 12.8 Å². The predicted molar refractivity (Wildman–Crippen MR) is 95.6 cm³/mol. The molecule has 3 N–H and O–H groups in total. The van der Waals surface area contributed by atoms with Gasteiger partial charge in [-0.1, -0.05) is 32.0 Å². The molecule has 2 rings (SSSR count). The van der Waals surface area contributed by atoms with E-state index >= 15 is 0 Å². The minimum atomic E-state index is 0.575. The van der Waals surface area contributed by atoms with E-state index in [0.717, 1.165) is 32.0 Å². The van der Waals surface area contributed by atoms with Crippen LogP contribution in [0.1, 0.15) is 32.0 Å². The number of aryl methyl sites for hydroxylation is 1. The smallest absolute Gasteiger partial charge is 0.191 e. The summed E-state index contributed by atoms with van der Waals surface area (Å²) in [7, 11) is 0. The van der Waals surface area contributed by atoms with Gasteiger partial charge in [-0.25, -0.2) is 0 Å². The van der Waals surface area contributed by atoms with E-state index in [4.69, 9.17) is 0 Å². The third-order valence-corrected chi connectivity index (χ3v) is 3.65. The first-order valence-corrected chi connectivity index (χ1v) is 8.20. The molecule has 0 bridgehead atoms. The SMILES string of the molecule is CCNC(=NCC(C)C)NCCc1c(C)[nH]c2ccccc12. The predicted octanol–water partition coefficient (Wildman–Crippen LogP) is 3.23. The minimum absolute atomic E-state index is 0.575. The number of para-hydroxylation sites is 1. The summed E-state index contributed by atoms with van der Waals surface area (Å²) in [5.41, 5.74) is 3.87. The van der Waals surface area contributed by atoms with Crippen LogP contribution in [0.2, 0.25) is 0 Å². The lowest BCUT2D eigenvalue weighted by atomic mass is 10.1. The van der Waals surface area contributed by atoms with Crippen molar-refractivity contribution in [3.05, 3.63) is 35.5 Å². The van der Waals surface area contributed by atoms with Gasteiger partial charge in [0.05, 0.1) is 0 Å². The number of guanidine groups is 1. The van der Waals surface area contributed by atoms with Crippen molar-refractivity contribution < 1.29 is 0 Å². The van der Waals surface area contributed by atoms with Crippen LogP contribution in [-0.2, 0) is 6.42 Å². The summed E-state index contributed by atoms with van der Waals surface area (Å²) in [6.07, 6.45) is 0.988. The molecule has 0 saturated carbocycles. The first-order chi connectivity index (χ1) is 10.6. The van der Waals surface area contributed by atoms with E-state index in [1.165, 1.54) is 22.2 Å². The molecular formula is C18H28N4. The van der Waals surface area contributed by atoms with E-state index in [9.17, 15) is 0 Å². The molecular weight excluding hydrogens is 272 g/mol. The molecule has 4 heteroatoms. The standard InChI is InChI=1S/C18H28N4/c1-5-19-18(21-12-13(2)3)20-11-10-15-14(4)22-17-9-7-6-8-16(15)17/h6-9,13,22H,5,10-12H2,1-4H3,(H2,19,20,21). The lowest BCUT2D eigenvalue weighted by Crippen LogP contribution is -2.38. The maximum Gasteiger partial charge on any atom is 0.191 e. The van der Waals surface area contributed by atoms with Crippen LogP contribution in [0.15, 0.2) is 29.3 Å². The van der Waals surface area contributed by atoms with Crippen LogP contribution >= 0.6 is 0 Å². The maximum absolute atomic E-state index is 4.60. The number of benzene rings is 1. The first-order valence-electron chi connectivity index (χ1n) is 8.20. The van der Waals surface area contributed by atoms with Crippen LogP contribution in [0.4, 0.5) is 0 Å². The summed E-state index contributed by atoms with van der Waals surface area (Å²) in [6, 6.07) is 8.49. The third kappa shape index (κ3) is 4.26. The molecule has 1 aromatic carbocycles. The molecule has 2 aromatic rings. The lowest BCUT2D eigenvalue weighted by Gasteiger charge is -2.12. The van der Waals surface area contributed by atoms with E-state index in [1.54, 1.807) is 0 Å². The Bertz CT molecular complexity index is 625. The largest absolute Gasteiger partial charge is 0.358 e. The number of aromatic amines is 1. The van der Waals surface area contributed by atoms with E-state index in [2.05, 4.69) is 72.6 Å². The van der Waals surface area contributed by atoms with Crippen molar-refractivity contribution >= 4 is 16.9 Å². The van der Waals surface area contributed by atoms with Gasteiger partial charge in [0.1, 0.15) is 0 Å². The van der Waals surface area contributed by atoms with Gasteiger partial charge < -0.3 is 15.6 Å². The Labute approximate surface area is 133 Å². The monoisotopic (exact) mass is 300 g/mol. The number of aliphatic imine (C=N–C) groups is 1. The average Bonchev–Trinajstić information content (AvgIpc) is 2.80. The number of hydrogen-bond acceptors (Lipinski definition) is 1. The second-order valence-electron chi connectivity index (χ2n) is 6.06. The van der Waals surface area contributed by atoms with Crippen LogP contribution in [0.25, 0.3) is 10.9 Å². The van der Waals surface area contributed by atoms with Gasteiger partial charge in [-0.3, -0.25) is 4.99 Å². The Hall–Kier alpha value is -1.97. The second-order valence-corrected chi connectivity index (χ2v) is 6.06. The summed E-state index contributed by atoms with van der Waals surface area (Å²) < 4.78 is 0. The second kappa shape index (κ2) is 7.87. The number of rotatable bonds is 6. The molecule has 0 radical (unpaired) electrons. The summed E-state index contributed by atoms with van der Waals surface area (Å²) >= 11 is 0. The van der Waals surface area contributed by atoms with E-state index in [-0.39, 0.29) is 0 Å². The molecule has 0 unspecified atom stereocenters. The van der Waals surface area contributed by atoms with E-state index in [0.29, 0.717) is 5.92 Å². The molecule has 22 heavy (non-hydrogen) atoms. The fourth-order valence-corrected chi connectivity index (χ4v) is 2.58. The van der Waals surface area contributed by atoms with Gasteiger partial charge in [-0.05, 0) is 37.8 Å². The van der Waals surface area contributed by atoms with Gasteiger partial charge in [-0.2, -0.15) is 0 Å². The van der Waals surface area contributed by atoms with Crippen molar-refractivity contribution in [1.82, 2.24) is 15.6 Å². The van der Waals surface area contributed by atoms with Crippen molar-refractivity contribution in [3.63, 3.8) is 0 Å². The molecule has 0 aliphatic carbocycles. The van der Waals surface area contributed by atoms with Gasteiger partial charge in [0.2, 0.25) is 0 Å². The summed E-state index contributed by atoms with van der Waals surface area (Å²) in [4.78, 5) is 8.06. The molecule has 0 saturated heterocycles. The molecule has 0 amide bonds. The number of nitrogens with zero attached hydrogens (tertiary/aromatic N) is 1. The molecule has 0 spiro atoms. The highest BCUT2D eigenvalue weighted by Gasteiger charge is 2.07. The number of H-pyrrole nitrogens is 1. The zero-order valence-corrected chi connectivity index (χ0v) is 14.2. The number of fused-ring (bicyclic) bond motifs is 1. The van der Waals surface area contributed by atoms with Gasteiger partial charge in [-0.15, -0.1) is 0 Å². The normalized spacial score (nSPS) is 12.1. The van der Waals surface area contributed by atoms with Gasteiger partial charge in [0, 0.05) is 36.2 Å². The summed E-state index contributed by atoms with van der Waals surface area (Å²) in [5.74, 6) is 1.49. The van der Waals surface area contributed by atoms with E-state index in [1.807, 2.05) is 0 Å². The summed E-state index contributed by atoms with van der Waals surface area (Å²) in [6.45, 7) is 11.2. The van der Waals surface area contributed by atoms with Gasteiger partial charge in [0.15, 0.2) is 5.96 Å². The van der Waals surface area contributed by atoms with Crippen molar-refractivity contribution in [3.8, 4) is 0 Å². The highest BCUT2D eigenvalue weighted by Crippen LogP contribution is 2.21. The highest BCUT2D eigenvalue weighted by atomic mass is 15.2. The number of hydrogen-bond donors (Lipinski definition) is 3. The Balaban J connectivity index is 1.99. The molecule has 4 nitrogen and oxygen atoms in total. The Morgan fingerprint density at radius 1 is 1.23 bits per heavy atom. The maximum atomic E-state index is 4.60. The van der Waals surface area contributed by atoms with Crippen LogP contribution < -0.4 is 10.6 Å². The lowest BCUT2D eigenvalue weighted by molar-refractivity contribution is 0.656. The number of aromatic nitrogens is 1. The van der Waals surface area contributed by atoms with Crippen molar-refractivity contribution in [2.75, 3.05) is 19.6 Å². The van der Waals surface area contributed by atoms with Crippen LogP contribution in [0.3, 0.4) is 0 Å². The van der Waals surface area contributed by atoms with Gasteiger partial charge >= 0.3 is 0 Å². The Kier molecular flexibility index (Phi) is 5.87. The minimum Gasteiger partial charge on any atom is -0.358 e. The summed E-state index contributed by atoms with van der Waals surface area (Å²) in [5, 5.41) is 8.06. The topological polar surface area (TPSA) is 52.2 Å². The van der Waals surface area contributed by atoms with Crippen LogP contribution in [-0.4, -0.2) is 30.6 Å². The van der Waals surface area contributed by atoms with Crippen LogP contribution in [0.5, 0.6) is 0 Å². The fourth-order valence-electron chi connectivity index (χ4n) is 2.58. The number of nitrogens with one attached hydrogen (secondary N) is 3. The molecule has 0 aliphatic heterocycles. The molecule has 1 aromatic heterocycles. The Morgan fingerprint density at radius 2 is 2.00 bits per heavy atom. The zero-order valence-electron chi connectivity index (χ0n) is 14.2. The molecule has 0 aliphatic rings. The third-order valence-electron chi connectivity index (χ3n) is 3.65. The van der Waals surface area contributed by atoms with Crippen molar-refractivity contribution in [2.45, 2.75) is 34.1 Å². The van der Waals surface area contributed by atoms with Crippen molar-refractivity contribution in [1.29, 1.82) is 0 Å². The molecule has 0 atom stereocenters. The highest BCUT2D eigenvalue weighted by molar-refractivity contribution is 5.84. The average molecular weight is 300 g/mol. The molecule has 1 heterocycles. The Morgan fingerprint density at radius 3 is 2.73 bits per heavy atom. The first kappa shape index (κ1) is 16.4. The fraction of sp³-hybridized carbons (Fsp3) is 0.500. The zero-order chi connectivity index (χ0) is 15.9.